The predicted octanol–water partition coefficient (Wildman–Crippen LogP) is 5.01. The molecule has 1 saturated carbocycles. The normalized spacial score (nSPS) is 25.9. The van der Waals surface area contributed by atoms with Gasteiger partial charge in [0, 0.05) is 42.2 Å². The van der Waals surface area contributed by atoms with E-state index in [0.29, 0.717) is 29.7 Å². The highest BCUT2D eigenvalue weighted by Crippen LogP contribution is 2.49. The molecule has 1 aliphatic carbocycles. The number of carbonyl (C=O) groups excluding carboxylic acids is 1. The lowest BCUT2D eigenvalue weighted by atomic mass is 9.97. The number of hydrogen-bond donors (Lipinski definition) is 1. The van der Waals surface area contributed by atoms with Gasteiger partial charge in [0.25, 0.3) is 0 Å². The Morgan fingerprint density at radius 1 is 1.20 bits per heavy atom. The molecule has 1 saturated heterocycles. The monoisotopic (exact) mass is 437 g/mol. The number of fused-ring (bicyclic) bond motifs is 3. The average Bonchev–Trinajstić information content (AvgIpc) is 3.44. The van der Waals surface area contributed by atoms with Crippen molar-refractivity contribution in [1.29, 1.82) is 0 Å². The molecule has 0 aromatic carbocycles. The maximum atomic E-state index is 13.2. The van der Waals surface area contributed by atoms with E-state index in [-0.39, 0.29) is 31.0 Å². The van der Waals surface area contributed by atoms with Crippen LogP contribution in [0, 0.1) is 5.92 Å². The van der Waals surface area contributed by atoms with Gasteiger partial charge in [-0.05, 0) is 31.7 Å². The number of pyridine rings is 1. The van der Waals surface area contributed by atoms with Crippen molar-refractivity contribution in [2.75, 3.05) is 28.2 Å². The van der Waals surface area contributed by atoms with Crippen molar-refractivity contribution in [3.63, 3.8) is 0 Å². The van der Waals surface area contributed by atoms with Crippen LogP contribution in [0.5, 0.6) is 0 Å². The maximum Gasteiger partial charge on any atom is 0.393 e. The highest BCUT2D eigenvalue weighted by atomic mass is 32.1. The topological polar surface area (TPSA) is 61.4 Å². The average molecular weight is 437 g/mol. The summed E-state index contributed by atoms with van der Waals surface area (Å²) < 4.78 is 39.7. The number of carbonyl (C=O) groups is 1. The zero-order chi connectivity index (χ0) is 20.9. The van der Waals surface area contributed by atoms with Crippen LogP contribution in [0.4, 0.5) is 34.7 Å². The van der Waals surface area contributed by atoms with Crippen molar-refractivity contribution in [3.8, 4) is 0 Å². The number of alkyl halides is 3. The summed E-state index contributed by atoms with van der Waals surface area (Å²) in [5.74, 6) is -0.0297. The lowest BCUT2D eigenvalue weighted by Crippen LogP contribution is -2.43. The molecule has 0 radical (unpaired) electrons. The Labute approximate surface area is 176 Å². The smallest absolute Gasteiger partial charge is 0.356 e. The molecular formula is C20H22F3N5OS. The molecule has 1 N–H and O–H groups in total. The third-order valence-electron chi connectivity index (χ3n) is 6.40. The minimum atomic E-state index is -4.20. The first-order chi connectivity index (χ1) is 14.4. The highest BCUT2D eigenvalue weighted by molar-refractivity contribution is 7.13. The van der Waals surface area contributed by atoms with Crippen LogP contribution in [0.1, 0.15) is 43.6 Å². The number of amides is 2. The second kappa shape index (κ2) is 7.40. The SMILES string of the molecule is O=C(Nc1nccs1)N1c2nc(N3CCCC(C(F)(F)F)C3)ccc2C2CCCC21. The van der Waals surface area contributed by atoms with Gasteiger partial charge in [0.15, 0.2) is 5.13 Å². The number of urea groups is 1. The van der Waals surface area contributed by atoms with Crippen molar-refractivity contribution in [1.82, 2.24) is 9.97 Å². The molecule has 0 bridgehead atoms. The minimum absolute atomic E-state index is 0.0343. The van der Waals surface area contributed by atoms with E-state index in [9.17, 15) is 18.0 Å². The fourth-order valence-electron chi connectivity index (χ4n) is 5.01. The van der Waals surface area contributed by atoms with Gasteiger partial charge in [-0.25, -0.2) is 14.8 Å². The molecule has 2 fully saturated rings. The quantitative estimate of drug-likeness (QED) is 0.718. The summed E-state index contributed by atoms with van der Waals surface area (Å²) in [6.07, 6.45) is 0.963. The molecule has 4 heterocycles. The molecule has 160 valence electrons. The number of anilines is 3. The molecule has 6 nitrogen and oxygen atoms in total. The Morgan fingerprint density at radius 2 is 2.07 bits per heavy atom. The standard InChI is InChI=1S/C20H22F3N5OS/c21-20(22,23)12-3-2-9-27(11-12)16-7-6-14-13-4-1-5-15(13)28(17(14)25-16)19(29)26-18-24-8-10-30-18/h6-8,10,12-13,15H,1-5,9,11H2,(H,24,26,29). The molecule has 3 aliphatic rings. The summed E-state index contributed by atoms with van der Waals surface area (Å²) in [5, 5.41) is 5.14. The van der Waals surface area contributed by atoms with Gasteiger partial charge in [-0.15, -0.1) is 11.3 Å². The van der Waals surface area contributed by atoms with E-state index < -0.39 is 12.1 Å². The number of hydrogen-bond acceptors (Lipinski definition) is 5. The second-order valence-corrected chi connectivity index (χ2v) is 9.05. The number of halogens is 3. The van der Waals surface area contributed by atoms with Crippen molar-refractivity contribution >= 4 is 34.1 Å². The van der Waals surface area contributed by atoms with Crippen LogP contribution in [-0.4, -0.2) is 41.3 Å². The third kappa shape index (κ3) is 3.40. The molecule has 5 rings (SSSR count). The van der Waals surface area contributed by atoms with Crippen LogP contribution < -0.4 is 15.1 Å². The van der Waals surface area contributed by atoms with E-state index in [2.05, 4.69) is 10.3 Å². The van der Waals surface area contributed by atoms with E-state index in [1.54, 1.807) is 21.4 Å². The molecule has 30 heavy (non-hydrogen) atoms. The second-order valence-electron chi connectivity index (χ2n) is 8.15. The zero-order valence-electron chi connectivity index (χ0n) is 16.2. The molecule has 3 unspecified atom stereocenters. The molecule has 3 atom stereocenters. The van der Waals surface area contributed by atoms with Gasteiger partial charge >= 0.3 is 12.2 Å². The number of thiazole rings is 1. The van der Waals surface area contributed by atoms with Crippen LogP contribution in [0.15, 0.2) is 23.7 Å². The van der Waals surface area contributed by atoms with Gasteiger partial charge in [-0.1, -0.05) is 12.5 Å². The summed E-state index contributed by atoms with van der Waals surface area (Å²) in [7, 11) is 0. The van der Waals surface area contributed by atoms with E-state index in [0.717, 1.165) is 24.8 Å². The number of aromatic nitrogens is 2. The Kier molecular flexibility index (Phi) is 4.83. The summed E-state index contributed by atoms with van der Waals surface area (Å²) >= 11 is 1.34. The predicted molar refractivity (Wildman–Crippen MR) is 109 cm³/mol. The summed E-state index contributed by atoms with van der Waals surface area (Å²) in [4.78, 5) is 25.3. The first kappa shape index (κ1) is 19.6. The van der Waals surface area contributed by atoms with E-state index in [1.165, 1.54) is 11.3 Å². The number of rotatable bonds is 2. The highest BCUT2D eigenvalue weighted by Gasteiger charge is 2.46. The number of nitrogens with one attached hydrogen (secondary N) is 1. The Bertz CT molecular complexity index is 935. The zero-order valence-corrected chi connectivity index (χ0v) is 17.0. The van der Waals surface area contributed by atoms with E-state index >= 15 is 0 Å². The molecule has 2 aromatic heterocycles. The van der Waals surface area contributed by atoms with Gasteiger partial charge in [0.05, 0.1) is 5.92 Å². The summed E-state index contributed by atoms with van der Waals surface area (Å²) in [5.41, 5.74) is 1.01. The third-order valence-corrected chi connectivity index (χ3v) is 7.09. The molecule has 0 spiro atoms. The van der Waals surface area contributed by atoms with Crippen molar-refractivity contribution in [2.45, 2.75) is 50.2 Å². The van der Waals surface area contributed by atoms with Crippen LogP contribution in [0.2, 0.25) is 0 Å². The van der Waals surface area contributed by atoms with Crippen molar-refractivity contribution in [3.05, 3.63) is 29.3 Å². The van der Waals surface area contributed by atoms with Gasteiger partial charge in [0.1, 0.15) is 11.6 Å². The molecule has 2 amide bonds. The number of nitrogens with zero attached hydrogens (tertiary/aromatic N) is 4. The van der Waals surface area contributed by atoms with Gasteiger partial charge < -0.3 is 4.90 Å². The first-order valence-electron chi connectivity index (χ1n) is 10.2. The molecule has 10 heteroatoms. The van der Waals surface area contributed by atoms with Crippen LogP contribution in [-0.2, 0) is 0 Å². The summed E-state index contributed by atoms with van der Waals surface area (Å²) in [6.45, 7) is 0.448. The van der Waals surface area contributed by atoms with Gasteiger partial charge in [-0.2, -0.15) is 13.2 Å². The van der Waals surface area contributed by atoms with E-state index in [1.807, 2.05) is 12.1 Å². The summed E-state index contributed by atoms with van der Waals surface area (Å²) in [6, 6.07) is 3.52. The molecular weight excluding hydrogens is 415 g/mol. The molecule has 2 aromatic rings. The van der Waals surface area contributed by atoms with Crippen LogP contribution >= 0.6 is 11.3 Å². The fraction of sp³-hybridized carbons (Fsp3) is 0.550. The van der Waals surface area contributed by atoms with Crippen molar-refractivity contribution < 1.29 is 18.0 Å². The Hall–Kier alpha value is -2.36. The first-order valence-corrected chi connectivity index (χ1v) is 11.1. The Morgan fingerprint density at radius 3 is 2.83 bits per heavy atom. The van der Waals surface area contributed by atoms with Gasteiger partial charge in [0.2, 0.25) is 0 Å². The maximum absolute atomic E-state index is 13.2. The van der Waals surface area contributed by atoms with Crippen LogP contribution in [0.3, 0.4) is 0 Å². The molecule has 2 aliphatic heterocycles. The largest absolute Gasteiger partial charge is 0.393 e. The lowest BCUT2D eigenvalue weighted by Gasteiger charge is -2.35. The van der Waals surface area contributed by atoms with Crippen LogP contribution in [0.25, 0.3) is 0 Å². The lowest BCUT2D eigenvalue weighted by molar-refractivity contribution is -0.176. The fourth-order valence-corrected chi connectivity index (χ4v) is 5.53. The van der Waals surface area contributed by atoms with Gasteiger partial charge in [-0.3, -0.25) is 10.2 Å². The van der Waals surface area contributed by atoms with E-state index in [4.69, 9.17) is 4.98 Å². The minimum Gasteiger partial charge on any atom is -0.356 e. The Balaban J connectivity index is 1.44. The van der Waals surface area contributed by atoms with Crippen molar-refractivity contribution in [2.24, 2.45) is 5.92 Å². The number of piperidine rings is 1.